The number of ether oxygens (including phenoxy) is 1. The van der Waals surface area contributed by atoms with Crippen molar-refractivity contribution in [3.8, 4) is 16.9 Å². The predicted octanol–water partition coefficient (Wildman–Crippen LogP) is 5.99. The van der Waals surface area contributed by atoms with E-state index >= 15 is 0 Å². The SMILES string of the molecule is CC(=C=CCOc1ccc(-c2ccccc2)cc1)c1ccccc1. The third-order valence-corrected chi connectivity index (χ3v) is 3.82. The van der Waals surface area contributed by atoms with E-state index in [0.717, 1.165) is 11.3 Å². The molecule has 0 saturated heterocycles. The van der Waals surface area contributed by atoms with Crippen LogP contribution in [0.1, 0.15) is 12.5 Å². The van der Waals surface area contributed by atoms with E-state index in [-0.39, 0.29) is 0 Å². The lowest BCUT2D eigenvalue weighted by Crippen LogP contribution is -1.92. The van der Waals surface area contributed by atoms with Gasteiger partial charge in [-0.2, -0.15) is 0 Å². The summed E-state index contributed by atoms with van der Waals surface area (Å²) >= 11 is 0. The molecule has 0 aliphatic rings. The zero-order valence-corrected chi connectivity index (χ0v) is 13.8. The molecular weight excluding hydrogens is 292 g/mol. The van der Waals surface area contributed by atoms with Crippen molar-refractivity contribution >= 4 is 5.57 Å². The molecule has 118 valence electrons. The van der Waals surface area contributed by atoms with Crippen LogP contribution in [0.2, 0.25) is 0 Å². The zero-order valence-electron chi connectivity index (χ0n) is 13.8. The fourth-order valence-corrected chi connectivity index (χ4v) is 2.48. The molecule has 0 radical (unpaired) electrons. The summed E-state index contributed by atoms with van der Waals surface area (Å²) in [4.78, 5) is 0. The van der Waals surface area contributed by atoms with Crippen LogP contribution in [0.25, 0.3) is 16.7 Å². The summed E-state index contributed by atoms with van der Waals surface area (Å²) in [6, 6.07) is 28.8. The largest absolute Gasteiger partial charge is 0.489 e. The predicted molar refractivity (Wildman–Crippen MR) is 101 cm³/mol. The first kappa shape index (κ1) is 15.9. The minimum atomic E-state index is 0.509. The Bertz CT molecular complexity index is 824. The molecule has 0 fully saturated rings. The van der Waals surface area contributed by atoms with Crippen LogP contribution in [0, 0.1) is 0 Å². The zero-order chi connectivity index (χ0) is 16.6. The monoisotopic (exact) mass is 312 g/mol. The summed E-state index contributed by atoms with van der Waals surface area (Å²) in [5.41, 5.74) is 7.97. The standard InChI is InChI=1S/C23H20O/c1-19(20-10-4-2-5-11-20)9-8-18-24-23-16-14-22(15-17-23)21-12-6-3-7-13-21/h2-8,10-17H,18H2,1H3. The van der Waals surface area contributed by atoms with Gasteiger partial charge in [-0.3, -0.25) is 0 Å². The summed E-state index contributed by atoms with van der Waals surface area (Å²) in [5, 5.41) is 0. The van der Waals surface area contributed by atoms with Crippen molar-refractivity contribution < 1.29 is 4.74 Å². The van der Waals surface area contributed by atoms with Crippen LogP contribution >= 0.6 is 0 Å². The van der Waals surface area contributed by atoms with Crippen LogP contribution in [-0.4, -0.2) is 6.61 Å². The van der Waals surface area contributed by atoms with Crippen molar-refractivity contribution in [1.82, 2.24) is 0 Å². The molecule has 0 amide bonds. The third kappa shape index (κ3) is 4.25. The summed E-state index contributed by atoms with van der Waals surface area (Å²) in [6.45, 7) is 2.56. The fraction of sp³-hybridized carbons (Fsp3) is 0.0870. The van der Waals surface area contributed by atoms with E-state index in [1.165, 1.54) is 16.7 Å². The van der Waals surface area contributed by atoms with E-state index in [4.69, 9.17) is 4.74 Å². The lowest BCUT2D eigenvalue weighted by molar-refractivity contribution is 0.363. The maximum atomic E-state index is 5.75. The Labute approximate surface area is 143 Å². The molecule has 3 rings (SSSR count). The Morgan fingerprint density at radius 2 is 1.38 bits per heavy atom. The molecule has 0 atom stereocenters. The van der Waals surface area contributed by atoms with Gasteiger partial charge in [0, 0.05) is 0 Å². The van der Waals surface area contributed by atoms with Gasteiger partial charge < -0.3 is 4.74 Å². The molecule has 3 aromatic carbocycles. The third-order valence-electron chi connectivity index (χ3n) is 3.82. The van der Waals surface area contributed by atoms with Gasteiger partial charge in [0.25, 0.3) is 0 Å². The Hall–Kier alpha value is -3.02. The molecule has 0 N–H and O–H groups in total. The maximum Gasteiger partial charge on any atom is 0.119 e. The lowest BCUT2D eigenvalue weighted by atomic mass is 10.1. The minimum Gasteiger partial charge on any atom is -0.489 e. The molecule has 0 aliphatic carbocycles. The molecule has 0 heterocycles. The molecule has 1 heteroatoms. The van der Waals surface area contributed by atoms with Crippen LogP contribution in [-0.2, 0) is 0 Å². The van der Waals surface area contributed by atoms with Gasteiger partial charge in [-0.05, 0) is 47.4 Å². The molecule has 0 bridgehead atoms. The second kappa shape index (κ2) is 8.01. The van der Waals surface area contributed by atoms with Crippen molar-refractivity contribution in [3.63, 3.8) is 0 Å². The van der Waals surface area contributed by atoms with Gasteiger partial charge in [-0.15, -0.1) is 5.73 Å². The molecule has 0 aliphatic heterocycles. The molecule has 0 unspecified atom stereocenters. The van der Waals surface area contributed by atoms with E-state index in [0.29, 0.717) is 6.61 Å². The van der Waals surface area contributed by atoms with Crippen LogP contribution in [0.15, 0.2) is 96.7 Å². The number of rotatable bonds is 5. The Kier molecular flexibility index (Phi) is 5.29. The number of benzene rings is 3. The van der Waals surface area contributed by atoms with Gasteiger partial charge in [-0.1, -0.05) is 72.8 Å². The quantitative estimate of drug-likeness (QED) is 0.526. The lowest BCUT2D eigenvalue weighted by Gasteiger charge is -2.05. The Morgan fingerprint density at radius 3 is 2.04 bits per heavy atom. The van der Waals surface area contributed by atoms with Crippen LogP contribution in [0.3, 0.4) is 0 Å². The van der Waals surface area contributed by atoms with Crippen molar-refractivity contribution in [3.05, 3.63) is 102 Å². The Balaban J connectivity index is 1.60. The smallest absolute Gasteiger partial charge is 0.119 e. The van der Waals surface area contributed by atoms with Gasteiger partial charge in [0.1, 0.15) is 12.4 Å². The highest BCUT2D eigenvalue weighted by Crippen LogP contribution is 2.22. The van der Waals surface area contributed by atoms with E-state index in [1.807, 2.05) is 54.6 Å². The first-order valence-corrected chi connectivity index (χ1v) is 8.08. The second-order valence-corrected chi connectivity index (χ2v) is 5.54. The van der Waals surface area contributed by atoms with E-state index in [2.05, 4.69) is 49.1 Å². The van der Waals surface area contributed by atoms with Crippen molar-refractivity contribution in [2.75, 3.05) is 6.61 Å². The molecule has 3 aromatic rings. The summed E-state index contributed by atoms with van der Waals surface area (Å²) in [5.74, 6) is 0.866. The highest BCUT2D eigenvalue weighted by molar-refractivity contribution is 5.64. The minimum absolute atomic E-state index is 0.509. The van der Waals surface area contributed by atoms with Crippen LogP contribution in [0.5, 0.6) is 5.75 Å². The summed E-state index contributed by atoms with van der Waals surface area (Å²) in [6.07, 6.45) is 1.92. The normalized spacial score (nSPS) is 9.88. The van der Waals surface area contributed by atoms with Gasteiger partial charge in [-0.25, -0.2) is 0 Å². The van der Waals surface area contributed by atoms with Crippen molar-refractivity contribution in [2.24, 2.45) is 0 Å². The van der Waals surface area contributed by atoms with Gasteiger partial charge >= 0.3 is 0 Å². The van der Waals surface area contributed by atoms with Crippen LogP contribution in [0.4, 0.5) is 0 Å². The average Bonchev–Trinajstić information content (AvgIpc) is 2.67. The first-order chi connectivity index (χ1) is 11.8. The van der Waals surface area contributed by atoms with Crippen molar-refractivity contribution in [1.29, 1.82) is 0 Å². The molecule has 1 nitrogen and oxygen atoms in total. The van der Waals surface area contributed by atoms with Crippen molar-refractivity contribution in [2.45, 2.75) is 6.92 Å². The average molecular weight is 312 g/mol. The van der Waals surface area contributed by atoms with E-state index in [9.17, 15) is 0 Å². The van der Waals surface area contributed by atoms with E-state index in [1.54, 1.807) is 0 Å². The molecule has 24 heavy (non-hydrogen) atoms. The number of hydrogen-bond donors (Lipinski definition) is 0. The molecule has 0 aromatic heterocycles. The summed E-state index contributed by atoms with van der Waals surface area (Å²) < 4.78 is 5.75. The second-order valence-electron chi connectivity index (χ2n) is 5.54. The van der Waals surface area contributed by atoms with Gasteiger partial charge in [0.15, 0.2) is 0 Å². The molecule has 0 saturated carbocycles. The number of hydrogen-bond acceptors (Lipinski definition) is 1. The summed E-state index contributed by atoms with van der Waals surface area (Å²) in [7, 11) is 0. The van der Waals surface area contributed by atoms with Gasteiger partial charge in [0.05, 0.1) is 0 Å². The van der Waals surface area contributed by atoms with E-state index < -0.39 is 0 Å². The highest BCUT2D eigenvalue weighted by Gasteiger charge is 1.97. The van der Waals surface area contributed by atoms with Gasteiger partial charge in [0.2, 0.25) is 0 Å². The fourth-order valence-electron chi connectivity index (χ4n) is 2.48. The maximum absolute atomic E-state index is 5.75. The molecule has 0 spiro atoms. The Morgan fingerprint density at radius 1 is 0.792 bits per heavy atom. The highest BCUT2D eigenvalue weighted by atomic mass is 16.5. The molecular formula is C23H20O. The first-order valence-electron chi connectivity index (χ1n) is 8.08. The van der Waals surface area contributed by atoms with Crippen LogP contribution < -0.4 is 4.74 Å². The topological polar surface area (TPSA) is 9.23 Å².